The van der Waals surface area contributed by atoms with Gasteiger partial charge in [0.15, 0.2) is 0 Å². The second-order valence-electron chi connectivity index (χ2n) is 7.25. The van der Waals surface area contributed by atoms with Crippen LogP contribution in [-0.2, 0) is 4.74 Å². The minimum Gasteiger partial charge on any atom is -0.380 e. The highest BCUT2D eigenvalue weighted by Gasteiger charge is 2.35. The first kappa shape index (κ1) is 16.9. The normalized spacial score (nSPS) is 19.3. The third-order valence-corrected chi connectivity index (χ3v) is 4.08. The van der Waals surface area contributed by atoms with E-state index in [0.717, 1.165) is 26.3 Å². The van der Waals surface area contributed by atoms with Gasteiger partial charge >= 0.3 is 0 Å². The van der Waals surface area contributed by atoms with Crippen molar-refractivity contribution in [3.8, 4) is 0 Å². The average molecular weight is 270 g/mol. The second-order valence-corrected chi connectivity index (χ2v) is 7.25. The Kier molecular flexibility index (Phi) is 6.78. The fourth-order valence-corrected chi connectivity index (χ4v) is 2.98. The molecule has 1 saturated carbocycles. The van der Waals surface area contributed by atoms with Crippen LogP contribution in [-0.4, -0.2) is 50.3 Å². The molecule has 0 aliphatic heterocycles. The van der Waals surface area contributed by atoms with E-state index in [0.29, 0.717) is 5.41 Å². The standard InChI is InChI=1S/C16H34N2O/c1-6-19-12-11-18(5)14-16(9-7-8-10-16)13-17-15(2,3)4/h17H,6-14H2,1-5H3. The zero-order chi connectivity index (χ0) is 14.4. The van der Waals surface area contributed by atoms with E-state index >= 15 is 0 Å². The van der Waals surface area contributed by atoms with Crippen molar-refractivity contribution in [3.63, 3.8) is 0 Å². The molecule has 0 aromatic heterocycles. The molecule has 1 aliphatic carbocycles. The number of hydrogen-bond donors (Lipinski definition) is 1. The zero-order valence-electron chi connectivity index (χ0n) is 13.7. The topological polar surface area (TPSA) is 24.5 Å². The summed E-state index contributed by atoms with van der Waals surface area (Å²) in [5.41, 5.74) is 0.702. The van der Waals surface area contributed by atoms with E-state index in [9.17, 15) is 0 Å². The Hall–Kier alpha value is -0.120. The lowest BCUT2D eigenvalue weighted by Gasteiger charge is -2.36. The molecule has 0 aromatic rings. The Labute approximate surface area is 120 Å². The summed E-state index contributed by atoms with van der Waals surface area (Å²) in [4.78, 5) is 2.45. The van der Waals surface area contributed by atoms with Gasteiger partial charge in [-0.1, -0.05) is 12.8 Å². The smallest absolute Gasteiger partial charge is 0.0593 e. The summed E-state index contributed by atoms with van der Waals surface area (Å²) in [6, 6.07) is 0. The molecule has 0 saturated heterocycles. The summed E-state index contributed by atoms with van der Waals surface area (Å²) in [6.07, 6.45) is 5.53. The molecule has 1 fully saturated rings. The highest BCUT2D eigenvalue weighted by molar-refractivity contribution is 4.90. The average Bonchev–Trinajstić information content (AvgIpc) is 2.75. The van der Waals surface area contributed by atoms with Crippen molar-refractivity contribution in [1.29, 1.82) is 0 Å². The Bertz CT molecular complexity index is 242. The monoisotopic (exact) mass is 270 g/mol. The second kappa shape index (κ2) is 7.61. The van der Waals surface area contributed by atoms with E-state index in [1.165, 1.54) is 32.2 Å². The molecular formula is C16H34N2O. The maximum Gasteiger partial charge on any atom is 0.0593 e. The van der Waals surface area contributed by atoms with Crippen molar-refractivity contribution >= 4 is 0 Å². The molecule has 3 nitrogen and oxygen atoms in total. The lowest BCUT2D eigenvalue weighted by Crippen LogP contribution is -2.47. The number of likely N-dealkylation sites (N-methyl/N-ethyl adjacent to an activating group) is 1. The lowest BCUT2D eigenvalue weighted by molar-refractivity contribution is 0.0975. The van der Waals surface area contributed by atoms with Crippen molar-refractivity contribution < 1.29 is 4.74 Å². The van der Waals surface area contributed by atoms with Crippen LogP contribution >= 0.6 is 0 Å². The van der Waals surface area contributed by atoms with Gasteiger partial charge in [-0.25, -0.2) is 0 Å². The van der Waals surface area contributed by atoms with Gasteiger partial charge in [0.2, 0.25) is 0 Å². The van der Waals surface area contributed by atoms with Gasteiger partial charge in [0.25, 0.3) is 0 Å². The van der Waals surface area contributed by atoms with Crippen molar-refractivity contribution in [3.05, 3.63) is 0 Å². The molecule has 0 amide bonds. The molecular weight excluding hydrogens is 236 g/mol. The Morgan fingerprint density at radius 3 is 2.37 bits per heavy atom. The third-order valence-electron chi connectivity index (χ3n) is 4.08. The van der Waals surface area contributed by atoms with Gasteiger partial charge in [-0.05, 0) is 53.0 Å². The van der Waals surface area contributed by atoms with Crippen LogP contribution in [0.2, 0.25) is 0 Å². The molecule has 1 N–H and O–H groups in total. The first-order valence-electron chi connectivity index (χ1n) is 7.88. The molecule has 0 bridgehead atoms. The predicted molar refractivity (Wildman–Crippen MR) is 82.6 cm³/mol. The summed E-state index contributed by atoms with van der Waals surface area (Å²) < 4.78 is 5.46. The Morgan fingerprint density at radius 2 is 1.84 bits per heavy atom. The molecule has 0 atom stereocenters. The molecule has 0 heterocycles. The fourth-order valence-electron chi connectivity index (χ4n) is 2.98. The molecule has 19 heavy (non-hydrogen) atoms. The number of hydrogen-bond acceptors (Lipinski definition) is 3. The van der Waals surface area contributed by atoms with Gasteiger partial charge in [0.1, 0.15) is 0 Å². The molecule has 3 heteroatoms. The van der Waals surface area contributed by atoms with E-state index in [2.05, 4.69) is 45.0 Å². The van der Waals surface area contributed by atoms with Crippen LogP contribution in [0.5, 0.6) is 0 Å². The number of nitrogens with one attached hydrogen (secondary N) is 1. The Morgan fingerprint density at radius 1 is 1.21 bits per heavy atom. The van der Waals surface area contributed by atoms with Gasteiger partial charge in [-0.2, -0.15) is 0 Å². The van der Waals surface area contributed by atoms with Gasteiger partial charge < -0.3 is 15.0 Å². The maximum absolute atomic E-state index is 5.46. The summed E-state index contributed by atoms with van der Waals surface area (Å²) >= 11 is 0. The Balaban J connectivity index is 2.42. The summed E-state index contributed by atoms with van der Waals surface area (Å²) in [5.74, 6) is 0. The molecule has 1 rings (SSSR count). The molecule has 0 unspecified atom stereocenters. The first-order chi connectivity index (χ1) is 8.87. The van der Waals surface area contributed by atoms with Crippen molar-refractivity contribution in [2.24, 2.45) is 5.41 Å². The van der Waals surface area contributed by atoms with E-state index in [1.807, 2.05) is 0 Å². The van der Waals surface area contributed by atoms with Gasteiger partial charge in [-0.3, -0.25) is 0 Å². The first-order valence-corrected chi connectivity index (χ1v) is 7.88. The zero-order valence-corrected chi connectivity index (χ0v) is 13.7. The molecule has 0 radical (unpaired) electrons. The molecule has 0 aromatic carbocycles. The van der Waals surface area contributed by atoms with Crippen LogP contribution in [0.1, 0.15) is 53.4 Å². The molecule has 114 valence electrons. The predicted octanol–water partition coefficient (Wildman–Crippen LogP) is 2.90. The van der Waals surface area contributed by atoms with Crippen LogP contribution < -0.4 is 5.32 Å². The van der Waals surface area contributed by atoms with Crippen LogP contribution in [0.4, 0.5) is 0 Å². The van der Waals surface area contributed by atoms with Crippen molar-refractivity contribution in [1.82, 2.24) is 10.2 Å². The SMILES string of the molecule is CCOCCN(C)CC1(CNC(C)(C)C)CCCC1. The quantitative estimate of drug-likeness (QED) is 0.686. The third kappa shape index (κ3) is 6.73. The minimum absolute atomic E-state index is 0.222. The fraction of sp³-hybridized carbons (Fsp3) is 1.00. The van der Waals surface area contributed by atoms with E-state index in [-0.39, 0.29) is 5.54 Å². The van der Waals surface area contributed by atoms with Crippen molar-refractivity contribution in [2.75, 3.05) is 39.9 Å². The van der Waals surface area contributed by atoms with Crippen LogP contribution in [0.3, 0.4) is 0 Å². The largest absolute Gasteiger partial charge is 0.380 e. The van der Waals surface area contributed by atoms with Gasteiger partial charge in [0.05, 0.1) is 6.61 Å². The van der Waals surface area contributed by atoms with Crippen LogP contribution in [0, 0.1) is 5.41 Å². The van der Waals surface area contributed by atoms with E-state index < -0.39 is 0 Å². The van der Waals surface area contributed by atoms with Gasteiger partial charge in [-0.15, -0.1) is 0 Å². The van der Waals surface area contributed by atoms with E-state index in [4.69, 9.17) is 4.74 Å². The number of nitrogens with zero attached hydrogens (tertiary/aromatic N) is 1. The maximum atomic E-state index is 5.46. The highest BCUT2D eigenvalue weighted by atomic mass is 16.5. The van der Waals surface area contributed by atoms with Crippen LogP contribution in [0.25, 0.3) is 0 Å². The lowest BCUT2D eigenvalue weighted by atomic mass is 9.84. The molecule has 0 spiro atoms. The number of rotatable bonds is 8. The van der Waals surface area contributed by atoms with E-state index in [1.54, 1.807) is 0 Å². The van der Waals surface area contributed by atoms with Crippen LogP contribution in [0.15, 0.2) is 0 Å². The minimum atomic E-state index is 0.222. The summed E-state index contributed by atoms with van der Waals surface area (Å²) in [7, 11) is 2.23. The van der Waals surface area contributed by atoms with Gasteiger partial charge in [0, 0.05) is 31.8 Å². The number of ether oxygens (including phenoxy) is 1. The highest BCUT2D eigenvalue weighted by Crippen LogP contribution is 2.38. The summed E-state index contributed by atoms with van der Waals surface area (Å²) in [6.45, 7) is 13.9. The summed E-state index contributed by atoms with van der Waals surface area (Å²) in [5, 5.41) is 3.72. The molecule has 1 aliphatic rings. The van der Waals surface area contributed by atoms with Crippen molar-refractivity contribution in [2.45, 2.75) is 58.9 Å².